The summed E-state index contributed by atoms with van der Waals surface area (Å²) in [4.78, 5) is 6.84. The summed E-state index contributed by atoms with van der Waals surface area (Å²) in [5.41, 5.74) is -0.491. The van der Waals surface area contributed by atoms with Gasteiger partial charge >= 0.3 is 0 Å². The quantitative estimate of drug-likeness (QED) is 0.375. The molecule has 0 bridgehead atoms. The highest BCUT2D eigenvalue weighted by Crippen LogP contribution is 2.44. The van der Waals surface area contributed by atoms with Gasteiger partial charge in [0.1, 0.15) is 35.0 Å². The van der Waals surface area contributed by atoms with E-state index < -0.39 is 42.4 Å². The molecule has 0 amide bonds. The Labute approximate surface area is 218 Å². The molecule has 3 atom stereocenters. The van der Waals surface area contributed by atoms with Crippen LogP contribution in [0.1, 0.15) is 43.1 Å². The molecule has 3 aromatic rings. The Kier molecular flexibility index (Phi) is 7.41. The Bertz CT molecular complexity index is 1280. The summed E-state index contributed by atoms with van der Waals surface area (Å²) in [6, 6.07) is 5.11. The van der Waals surface area contributed by atoms with Crippen LogP contribution in [-0.2, 0) is 6.42 Å². The van der Waals surface area contributed by atoms with Crippen molar-refractivity contribution in [3.8, 4) is 5.75 Å². The number of fused-ring (bicyclic) bond motifs is 3. The second-order valence-corrected chi connectivity index (χ2v) is 10.7. The molecule has 0 saturated carbocycles. The molecule has 0 unspecified atom stereocenters. The van der Waals surface area contributed by atoms with E-state index in [4.69, 9.17) is 4.74 Å². The Morgan fingerprint density at radius 3 is 2.50 bits per heavy atom. The van der Waals surface area contributed by atoms with Gasteiger partial charge in [0.15, 0.2) is 0 Å². The van der Waals surface area contributed by atoms with Crippen molar-refractivity contribution in [3.05, 3.63) is 64.6 Å². The number of alkyl halides is 2. The second kappa shape index (κ2) is 10.5. The van der Waals surface area contributed by atoms with Gasteiger partial charge in [0.25, 0.3) is 0 Å². The van der Waals surface area contributed by atoms with Crippen molar-refractivity contribution in [1.82, 2.24) is 14.8 Å². The van der Waals surface area contributed by atoms with Gasteiger partial charge in [0.05, 0.1) is 19.3 Å². The Balaban J connectivity index is 1.52. The van der Waals surface area contributed by atoms with E-state index >= 15 is 13.2 Å². The maximum Gasteiger partial charge on any atom is 0.143 e. The first-order valence-corrected chi connectivity index (χ1v) is 12.9. The Morgan fingerprint density at radius 2 is 1.84 bits per heavy atom. The van der Waals surface area contributed by atoms with Crippen LogP contribution in [0.15, 0.2) is 30.3 Å². The Morgan fingerprint density at radius 1 is 1.13 bits per heavy atom. The van der Waals surface area contributed by atoms with E-state index in [2.05, 4.69) is 4.98 Å². The number of halogens is 5. The van der Waals surface area contributed by atoms with Gasteiger partial charge in [-0.2, -0.15) is 0 Å². The lowest BCUT2D eigenvalue weighted by molar-refractivity contribution is 0.0151. The number of hydrogen-bond donors (Lipinski definition) is 2. The zero-order chi connectivity index (χ0) is 27.2. The van der Waals surface area contributed by atoms with E-state index in [0.717, 1.165) is 17.7 Å². The normalized spacial score (nSPS) is 22.3. The summed E-state index contributed by atoms with van der Waals surface area (Å²) in [5.74, 6) is -2.09. The third kappa shape index (κ3) is 5.13. The molecular weight excluding hydrogens is 505 g/mol. The first-order chi connectivity index (χ1) is 18.1. The number of hydrogen-bond acceptors (Lipinski definition) is 4. The predicted molar refractivity (Wildman–Crippen MR) is 134 cm³/mol. The fourth-order valence-electron chi connectivity index (χ4n) is 5.66. The lowest BCUT2D eigenvalue weighted by Crippen LogP contribution is -2.53. The zero-order valence-electron chi connectivity index (χ0n) is 21.4. The minimum absolute atomic E-state index is 0.0407. The van der Waals surface area contributed by atoms with Crippen LogP contribution in [0, 0.1) is 17.5 Å². The largest absolute Gasteiger partial charge is 0.488 e. The molecule has 2 aliphatic rings. The molecule has 2 N–H and O–H groups in total. The van der Waals surface area contributed by atoms with E-state index in [9.17, 15) is 13.9 Å². The lowest BCUT2D eigenvalue weighted by atomic mass is 9.87. The standard InChI is InChI=1S/C28H32F5N3O2/c1-16-8-21-20-9-17(30)4-5-24(20)34-26(21)27(36(16)14-28(2,33)15-37)25-22(31)10-18(11-23(25)32)38-19-12-35(13-19)7-3-6-29/h4-5,9-11,16,19,27,34,37H,3,6-8,12-15H2,1-2H3/t16-,27-,28+/m0/s1. The molecule has 0 aliphatic carbocycles. The maximum atomic E-state index is 15.7. The Hall–Kier alpha value is -2.69. The third-order valence-corrected chi connectivity index (χ3v) is 7.57. The first-order valence-electron chi connectivity index (χ1n) is 12.9. The molecular formula is C28H32F5N3O2. The highest BCUT2D eigenvalue weighted by Gasteiger charge is 2.42. The van der Waals surface area contributed by atoms with Crippen LogP contribution in [-0.4, -0.2) is 77.2 Å². The summed E-state index contributed by atoms with van der Waals surface area (Å²) in [6.07, 6.45) is 0.580. The molecule has 1 aromatic heterocycles. The third-order valence-electron chi connectivity index (χ3n) is 7.57. The van der Waals surface area contributed by atoms with Gasteiger partial charge in [0, 0.05) is 66.5 Å². The smallest absolute Gasteiger partial charge is 0.143 e. The van der Waals surface area contributed by atoms with Crippen LogP contribution in [0.4, 0.5) is 22.0 Å². The van der Waals surface area contributed by atoms with Gasteiger partial charge in [-0.15, -0.1) is 0 Å². The van der Waals surface area contributed by atoms with Gasteiger partial charge in [-0.05, 0) is 50.5 Å². The number of benzene rings is 2. The molecule has 1 saturated heterocycles. The summed E-state index contributed by atoms with van der Waals surface area (Å²) in [5, 5.41) is 10.2. The molecule has 10 heteroatoms. The molecule has 0 radical (unpaired) electrons. The van der Waals surface area contributed by atoms with Crippen LogP contribution in [0.25, 0.3) is 10.9 Å². The van der Waals surface area contributed by atoms with E-state index in [1.807, 2.05) is 11.8 Å². The molecule has 0 spiro atoms. The monoisotopic (exact) mass is 537 g/mol. The lowest BCUT2D eigenvalue weighted by Gasteiger charge is -2.43. The number of nitrogens with zero attached hydrogens (tertiary/aromatic N) is 2. The van der Waals surface area contributed by atoms with Gasteiger partial charge < -0.3 is 14.8 Å². The first kappa shape index (κ1) is 26.9. The van der Waals surface area contributed by atoms with E-state index in [-0.39, 0.29) is 30.0 Å². The van der Waals surface area contributed by atoms with Crippen LogP contribution >= 0.6 is 0 Å². The molecule has 3 heterocycles. The molecule has 5 nitrogen and oxygen atoms in total. The van der Waals surface area contributed by atoms with Crippen molar-refractivity contribution in [1.29, 1.82) is 0 Å². The molecule has 38 heavy (non-hydrogen) atoms. The SMILES string of the molecule is C[C@H]1Cc2c([nH]c3ccc(F)cc23)[C@H](c2c(F)cc(OC3CN(CCCF)C3)cc2F)N1C[C@@](C)(F)CO. The van der Waals surface area contributed by atoms with Crippen LogP contribution in [0.2, 0.25) is 0 Å². The van der Waals surface area contributed by atoms with Crippen molar-refractivity contribution in [2.24, 2.45) is 0 Å². The van der Waals surface area contributed by atoms with Gasteiger partial charge in [0.2, 0.25) is 0 Å². The highest BCUT2D eigenvalue weighted by atomic mass is 19.2. The number of nitrogens with one attached hydrogen (secondary N) is 1. The number of rotatable bonds is 9. The van der Waals surface area contributed by atoms with Crippen molar-refractivity contribution >= 4 is 10.9 Å². The minimum atomic E-state index is -2.02. The second-order valence-electron chi connectivity index (χ2n) is 10.7. The summed E-state index contributed by atoms with van der Waals surface area (Å²) < 4.78 is 78.8. The van der Waals surface area contributed by atoms with Gasteiger partial charge in [-0.25, -0.2) is 17.6 Å². The maximum absolute atomic E-state index is 15.7. The van der Waals surface area contributed by atoms with Gasteiger partial charge in [-0.1, -0.05) is 0 Å². The van der Waals surface area contributed by atoms with E-state index in [0.29, 0.717) is 49.1 Å². The van der Waals surface area contributed by atoms with Crippen molar-refractivity contribution < 1.29 is 31.8 Å². The molecule has 1 fully saturated rings. The van der Waals surface area contributed by atoms with Crippen molar-refractivity contribution in [2.75, 3.05) is 39.5 Å². The summed E-state index contributed by atoms with van der Waals surface area (Å²) in [7, 11) is 0. The van der Waals surface area contributed by atoms with Gasteiger partial charge in [-0.3, -0.25) is 14.2 Å². The van der Waals surface area contributed by atoms with Crippen molar-refractivity contribution in [3.63, 3.8) is 0 Å². The number of aliphatic hydroxyl groups is 1. The van der Waals surface area contributed by atoms with E-state index in [1.54, 1.807) is 11.0 Å². The fourth-order valence-corrected chi connectivity index (χ4v) is 5.66. The topological polar surface area (TPSA) is 51.7 Å². The number of aliphatic hydroxyl groups excluding tert-OH is 1. The zero-order valence-corrected chi connectivity index (χ0v) is 21.4. The number of aromatic amines is 1. The van der Waals surface area contributed by atoms with Crippen LogP contribution < -0.4 is 4.74 Å². The minimum Gasteiger partial charge on any atom is -0.488 e. The predicted octanol–water partition coefficient (Wildman–Crippen LogP) is 5.06. The number of likely N-dealkylation sites (tertiary alicyclic amines) is 1. The molecule has 2 aromatic carbocycles. The average Bonchev–Trinajstić information content (AvgIpc) is 3.18. The fraction of sp³-hybridized carbons (Fsp3) is 0.500. The van der Waals surface area contributed by atoms with Crippen LogP contribution in [0.3, 0.4) is 0 Å². The number of H-pyrrole nitrogens is 1. The number of aromatic nitrogens is 1. The van der Waals surface area contributed by atoms with Crippen molar-refractivity contribution in [2.45, 2.75) is 50.5 Å². The highest BCUT2D eigenvalue weighted by molar-refractivity contribution is 5.85. The average molecular weight is 538 g/mol. The molecule has 5 rings (SSSR count). The van der Waals surface area contributed by atoms with Crippen LogP contribution in [0.5, 0.6) is 5.75 Å². The number of ether oxygens (including phenoxy) is 1. The van der Waals surface area contributed by atoms with E-state index in [1.165, 1.54) is 19.1 Å². The molecule has 2 aliphatic heterocycles. The molecule has 206 valence electrons. The summed E-state index contributed by atoms with van der Waals surface area (Å²) in [6.45, 7) is 3.33. The summed E-state index contributed by atoms with van der Waals surface area (Å²) >= 11 is 0.